The summed E-state index contributed by atoms with van der Waals surface area (Å²) in [5.41, 5.74) is 3.61. The minimum Gasteiger partial charge on any atom is -0.347 e. The summed E-state index contributed by atoms with van der Waals surface area (Å²) in [6.45, 7) is 6.66. The molecule has 1 unspecified atom stereocenters. The molecular formula is C14H18N4S. The highest BCUT2D eigenvalue weighted by atomic mass is 32.2. The molecule has 4 nitrogen and oxygen atoms in total. The third-order valence-electron chi connectivity index (χ3n) is 3.49. The molecule has 0 saturated carbocycles. The summed E-state index contributed by atoms with van der Waals surface area (Å²) >= 11 is 1.85. The molecule has 1 aromatic heterocycles. The Morgan fingerprint density at radius 2 is 2.00 bits per heavy atom. The van der Waals surface area contributed by atoms with Crippen molar-refractivity contribution < 1.29 is 0 Å². The standard InChI is InChI=1S/C14H18N4S/c1-9(2)13-10(3)19-14(17(13)4)18-12-8-6-5-7-11(12)15-16-18/h5-9,14H,1-4H3. The molecule has 0 N–H and O–H groups in total. The molecule has 2 heterocycles. The van der Waals surface area contributed by atoms with Gasteiger partial charge in [0.2, 0.25) is 0 Å². The number of para-hydroxylation sites is 1. The molecule has 0 bridgehead atoms. The number of rotatable bonds is 2. The quantitative estimate of drug-likeness (QED) is 0.840. The fraction of sp³-hybridized carbons (Fsp3) is 0.429. The second kappa shape index (κ2) is 4.56. The third kappa shape index (κ3) is 1.92. The Kier molecular flexibility index (Phi) is 3.01. The number of hydrogen-bond acceptors (Lipinski definition) is 4. The molecule has 19 heavy (non-hydrogen) atoms. The number of thioether (sulfide) groups is 1. The summed E-state index contributed by atoms with van der Waals surface area (Å²) in [7, 11) is 2.14. The second-order valence-electron chi connectivity index (χ2n) is 5.17. The lowest BCUT2D eigenvalue weighted by Gasteiger charge is -2.26. The highest BCUT2D eigenvalue weighted by Crippen LogP contribution is 2.46. The van der Waals surface area contributed by atoms with Crippen LogP contribution >= 0.6 is 11.8 Å². The monoisotopic (exact) mass is 274 g/mol. The van der Waals surface area contributed by atoms with Crippen molar-refractivity contribution in [3.05, 3.63) is 34.9 Å². The van der Waals surface area contributed by atoms with E-state index >= 15 is 0 Å². The van der Waals surface area contributed by atoms with Crippen LogP contribution in [0.1, 0.15) is 26.3 Å². The smallest absolute Gasteiger partial charge is 0.177 e. The van der Waals surface area contributed by atoms with Crippen molar-refractivity contribution in [3.63, 3.8) is 0 Å². The van der Waals surface area contributed by atoms with Gasteiger partial charge >= 0.3 is 0 Å². The molecule has 1 aliphatic rings. The van der Waals surface area contributed by atoms with Gasteiger partial charge in [-0.25, -0.2) is 4.68 Å². The Morgan fingerprint density at radius 3 is 2.68 bits per heavy atom. The van der Waals surface area contributed by atoms with E-state index in [0.717, 1.165) is 11.0 Å². The molecule has 0 amide bonds. The van der Waals surface area contributed by atoms with Gasteiger partial charge in [0.25, 0.3) is 0 Å². The summed E-state index contributed by atoms with van der Waals surface area (Å²) in [5.74, 6) is 0.525. The van der Waals surface area contributed by atoms with Gasteiger partial charge < -0.3 is 4.90 Å². The molecule has 1 aromatic carbocycles. The van der Waals surface area contributed by atoms with Crippen molar-refractivity contribution in [2.45, 2.75) is 26.3 Å². The third-order valence-corrected chi connectivity index (χ3v) is 4.78. The maximum absolute atomic E-state index is 4.33. The lowest BCUT2D eigenvalue weighted by molar-refractivity contribution is 0.289. The zero-order chi connectivity index (χ0) is 13.6. The van der Waals surface area contributed by atoms with Gasteiger partial charge in [0.1, 0.15) is 5.52 Å². The molecule has 1 atom stereocenters. The summed E-state index contributed by atoms with van der Waals surface area (Å²) in [6.07, 6.45) is 0. The highest BCUT2D eigenvalue weighted by Gasteiger charge is 2.32. The van der Waals surface area contributed by atoms with Crippen LogP contribution in [0.5, 0.6) is 0 Å². The first-order valence-electron chi connectivity index (χ1n) is 6.49. The van der Waals surface area contributed by atoms with Gasteiger partial charge in [-0.2, -0.15) is 0 Å². The van der Waals surface area contributed by atoms with Crippen molar-refractivity contribution in [3.8, 4) is 0 Å². The van der Waals surface area contributed by atoms with E-state index in [0.29, 0.717) is 5.92 Å². The van der Waals surface area contributed by atoms with Gasteiger partial charge in [-0.1, -0.05) is 43.0 Å². The van der Waals surface area contributed by atoms with Gasteiger partial charge in [-0.3, -0.25) is 0 Å². The molecule has 100 valence electrons. The Hall–Kier alpha value is -1.49. The van der Waals surface area contributed by atoms with E-state index in [2.05, 4.69) is 49.1 Å². The first kappa shape index (κ1) is 12.5. The first-order valence-corrected chi connectivity index (χ1v) is 7.37. The molecule has 2 aromatic rings. The maximum atomic E-state index is 4.33. The number of hydrogen-bond donors (Lipinski definition) is 0. The largest absolute Gasteiger partial charge is 0.347 e. The Morgan fingerprint density at radius 1 is 1.26 bits per heavy atom. The number of nitrogens with zero attached hydrogens (tertiary/aromatic N) is 4. The molecule has 5 heteroatoms. The number of benzene rings is 1. The van der Waals surface area contributed by atoms with Crippen LogP contribution in [0.3, 0.4) is 0 Å². The predicted octanol–water partition coefficient (Wildman–Crippen LogP) is 3.45. The number of fused-ring (bicyclic) bond motifs is 1. The minimum absolute atomic E-state index is 0.171. The van der Waals surface area contributed by atoms with Crippen LogP contribution in [0.15, 0.2) is 34.9 Å². The zero-order valence-electron chi connectivity index (χ0n) is 11.7. The van der Waals surface area contributed by atoms with Crippen LogP contribution in [0, 0.1) is 5.92 Å². The maximum Gasteiger partial charge on any atom is 0.177 e. The van der Waals surface area contributed by atoms with E-state index in [1.165, 1.54) is 10.6 Å². The van der Waals surface area contributed by atoms with Gasteiger partial charge in [-0.15, -0.1) is 5.10 Å². The van der Waals surface area contributed by atoms with Crippen LogP contribution in [0.25, 0.3) is 11.0 Å². The molecule has 3 rings (SSSR count). The van der Waals surface area contributed by atoms with Gasteiger partial charge in [0.15, 0.2) is 5.50 Å². The van der Waals surface area contributed by atoms with Crippen molar-refractivity contribution in [1.82, 2.24) is 19.9 Å². The number of allylic oxidation sites excluding steroid dienone is 2. The lowest BCUT2D eigenvalue weighted by Crippen LogP contribution is -2.25. The van der Waals surface area contributed by atoms with Gasteiger partial charge in [0, 0.05) is 17.6 Å². The van der Waals surface area contributed by atoms with Crippen LogP contribution in [0.4, 0.5) is 0 Å². The van der Waals surface area contributed by atoms with Gasteiger partial charge in [-0.05, 0) is 25.0 Å². The van der Waals surface area contributed by atoms with Crippen molar-refractivity contribution in [2.24, 2.45) is 5.92 Å². The topological polar surface area (TPSA) is 34.0 Å². The second-order valence-corrected chi connectivity index (χ2v) is 6.44. The van der Waals surface area contributed by atoms with Gasteiger partial charge in [0.05, 0.1) is 5.52 Å². The van der Waals surface area contributed by atoms with E-state index < -0.39 is 0 Å². The SMILES string of the molecule is CC1=C(C(C)C)N(C)C(n2nnc3ccccc32)S1. The van der Waals surface area contributed by atoms with E-state index in [1.807, 2.05) is 34.6 Å². The van der Waals surface area contributed by atoms with Crippen LogP contribution < -0.4 is 0 Å². The van der Waals surface area contributed by atoms with Crippen LogP contribution in [0.2, 0.25) is 0 Å². The molecule has 0 aliphatic carbocycles. The van der Waals surface area contributed by atoms with Crippen molar-refractivity contribution in [2.75, 3.05) is 7.05 Å². The normalized spacial score (nSPS) is 20.1. The van der Waals surface area contributed by atoms with E-state index in [9.17, 15) is 0 Å². The molecular weight excluding hydrogens is 256 g/mol. The fourth-order valence-electron chi connectivity index (χ4n) is 2.74. The molecule has 0 radical (unpaired) electrons. The average Bonchev–Trinajstić information content (AvgIpc) is 2.90. The van der Waals surface area contributed by atoms with Crippen LogP contribution in [-0.2, 0) is 0 Å². The minimum atomic E-state index is 0.171. The first-order chi connectivity index (χ1) is 9.09. The average molecular weight is 274 g/mol. The molecule has 0 spiro atoms. The fourth-order valence-corrected chi connectivity index (χ4v) is 4.09. The lowest BCUT2D eigenvalue weighted by atomic mass is 10.1. The summed E-state index contributed by atoms with van der Waals surface area (Å²) < 4.78 is 2.01. The Balaban J connectivity index is 2.02. The zero-order valence-corrected chi connectivity index (χ0v) is 12.5. The summed E-state index contributed by atoms with van der Waals surface area (Å²) in [6, 6.07) is 8.11. The summed E-state index contributed by atoms with van der Waals surface area (Å²) in [5, 5.41) is 8.58. The highest BCUT2D eigenvalue weighted by molar-refractivity contribution is 8.03. The van der Waals surface area contributed by atoms with Crippen LogP contribution in [-0.4, -0.2) is 26.9 Å². The molecule has 0 fully saturated rings. The Labute approximate surface area is 117 Å². The molecule has 0 saturated heterocycles. The Bertz CT molecular complexity index is 644. The molecule has 1 aliphatic heterocycles. The van der Waals surface area contributed by atoms with Crippen molar-refractivity contribution in [1.29, 1.82) is 0 Å². The van der Waals surface area contributed by atoms with E-state index in [1.54, 1.807) is 0 Å². The summed E-state index contributed by atoms with van der Waals surface area (Å²) in [4.78, 5) is 3.69. The van der Waals surface area contributed by atoms with Crippen molar-refractivity contribution >= 4 is 22.8 Å². The predicted molar refractivity (Wildman–Crippen MR) is 79.5 cm³/mol. The van der Waals surface area contributed by atoms with E-state index in [-0.39, 0.29) is 5.50 Å². The number of aromatic nitrogens is 3. The van der Waals surface area contributed by atoms with E-state index in [4.69, 9.17) is 0 Å².